The first-order valence-electron chi connectivity index (χ1n) is 8.32. The van der Waals surface area contributed by atoms with Crippen LogP contribution in [0.15, 0.2) is 30.5 Å². The van der Waals surface area contributed by atoms with Gasteiger partial charge in [-0.2, -0.15) is 0 Å². The maximum absolute atomic E-state index is 13.0. The number of aromatic nitrogens is 3. The Morgan fingerprint density at radius 1 is 1.37 bits per heavy atom. The zero-order valence-corrected chi connectivity index (χ0v) is 15.0. The van der Waals surface area contributed by atoms with E-state index in [9.17, 15) is 14.5 Å². The summed E-state index contributed by atoms with van der Waals surface area (Å²) in [4.78, 5) is 23.1. The van der Waals surface area contributed by atoms with Crippen LogP contribution in [-0.2, 0) is 32.8 Å². The fraction of sp³-hybridized carbons (Fsp3) is 0.353. The summed E-state index contributed by atoms with van der Waals surface area (Å²) in [5.41, 5.74) is -0.405. The number of aliphatic hydroxyl groups is 1. The zero-order valence-electron chi connectivity index (χ0n) is 14.1. The lowest BCUT2D eigenvalue weighted by Crippen LogP contribution is -2.39. The first-order chi connectivity index (χ1) is 13.0. The molecule has 2 aromatic rings. The van der Waals surface area contributed by atoms with E-state index in [0.717, 1.165) is 12.8 Å². The number of carbonyl (C=O) groups excluding carboxylic acids is 1. The van der Waals surface area contributed by atoms with Crippen molar-refractivity contribution in [2.24, 2.45) is 5.92 Å². The summed E-state index contributed by atoms with van der Waals surface area (Å²) in [6.07, 6.45) is 3.49. The molecule has 2 heterocycles. The van der Waals surface area contributed by atoms with Crippen molar-refractivity contribution in [3.05, 3.63) is 41.7 Å². The monoisotopic (exact) mass is 387 g/mol. The summed E-state index contributed by atoms with van der Waals surface area (Å²) in [7, 11) is -2.74. The van der Waals surface area contributed by atoms with Crippen LogP contribution >= 0.6 is 8.25 Å². The largest absolute Gasteiger partial charge is 0.696 e. The third-order valence-electron chi connectivity index (χ3n) is 4.38. The standard InChI is InChI=1S/C17H15N4O5P/c22-16-17(23,8-7-12-5-6-12)14-3-1-2-4-15(14)21(16)10-13-9-20(19-18-13)11-26-27(24)25/h1-4,9,12,23H,5-6,10-11H2/p+1. The number of hydrogen-bond acceptors (Lipinski definition) is 6. The first kappa shape index (κ1) is 17.8. The van der Waals surface area contributed by atoms with Gasteiger partial charge < -0.3 is 10.0 Å². The number of amides is 1. The van der Waals surface area contributed by atoms with Crippen molar-refractivity contribution >= 4 is 19.8 Å². The molecule has 1 aliphatic heterocycles. The lowest BCUT2D eigenvalue weighted by atomic mass is 9.96. The highest BCUT2D eigenvalue weighted by Gasteiger charge is 2.49. The van der Waals surface area contributed by atoms with Crippen molar-refractivity contribution < 1.29 is 23.9 Å². The predicted octanol–water partition coefficient (Wildman–Crippen LogP) is 1.05. The molecule has 9 nitrogen and oxygen atoms in total. The average molecular weight is 387 g/mol. The highest BCUT2D eigenvalue weighted by atomic mass is 31.1. The van der Waals surface area contributed by atoms with Crippen LogP contribution in [0.4, 0.5) is 5.69 Å². The van der Waals surface area contributed by atoms with E-state index in [4.69, 9.17) is 4.89 Å². The Morgan fingerprint density at radius 3 is 2.89 bits per heavy atom. The number of para-hydroxylation sites is 1. The molecule has 1 amide bonds. The third kappa shape index (κ3) is 3.48. The van der Waals surface area contributed by atoms with Crippen LogP contribution in [0.25, 0.3) is 0 Å². The molecular formula is C17H16N4O5P+. The number of carbonyl (C=O) groups is 1. The summed E-state index contributed by atoms with van der Waals surface area (Å²) >= 11 is 0. The Bertz CT molecular complexity index is 977. The van der Waals surface area contributed by atoms with E-state index in [-0.39, 0.29) is 19.2 Å². The van der Waals surface area contributed by atoms with Gasteiger partial charge in [0, 0.05) is 16.0 Å². The van der Waals surface area contributed by atoms with E-state index < -0.39 is 19.8 Å². The van der Waals surface area contributed by atoms with Crippen LogP contribution in [-0.4, -0.2) is 30.9 Å². The van der Waals surface area contributed by atoms with E-state index in [1.165, 1.54) is 15.8 Å². The second-order valence-electron chi connectivity index (χ2n) is 6.41. The Morgan fingerprint density at radius 2 is 2.15 bits per heavy atom. The Kier molecular flexibility index (Phi) is 4.50. The van der Waals surface area contributed by atoms with Crippen molar-refractivity contribution in [1.29, 1.82) is 0 Å². The second kappa shape index (κ2) is 6.83. The van der Waals surface area contributed by atoms with Crippen molar-refractivity contribution in [3.8, 4) is 11.8 Å². The first-order valence-corrected chi connectivity index (χ1v) is 9.45. The van der Waals surface area contributed by atoms with Gasteiger partial charge in [0.15, 0.2) is 6.73 Å². The Balaban J connectivity index is 1.59. The zero-order chi connectivity index (χ0) is 19.0. The van der Waals surface area contributed by atoms with Gasteiger partial charge >= 0.3 is 8.25 Å². The molecule has 2 aliphatic rings. The predicted molar refractivity (Wildman–Crippen MR) is 93.0 cm³/mol. The molecule has 27 heavy (non-hydrogen) atoms. The van der Waals surface area contributed by atoms with Crippen molar-refractivity contribution in [3.63, 3.8) is 0 Å². The quantitative estimate of drug-likeness (QED) is 0.582. The number of fused-ring (bicyclic) bond motifs is 1. The van der Waals surface area contributed by atoms with Gasteiger partial charge in [-0.3, -0.25) is 4.79 Å². The lowest BCUT2D eigenvalue weighted by Gasteiger charge is -2.17. The molecule has 0 spiro atoms. The molecule has 2 atom stereocenters. The number of benzene rings is 1. The summed E-state index contributed by atoms with van der Waals surface area (Å²) in [5.74, 6) is 5.48. The Labute approximate surface area is 155 Å². The van der Waals surface area contributed by atoms with Gasteiger partial charge in [-0.25, -0.2) is 4.68 Å². The summed E-state index contributed by atoms with van der Waals surface area (Å²) in [6, 6.07) is 6.97. The van der Waals surface area contributed by atoms with E-state index in [2.05, 4.69) is 26.7 Å². The van der Waals surface area contributed by atoms with E-state index in [1.54, 1.807) is 24.3 Å². The molecule has 1 aromatic heterocycles. The fourth-order valence-corrected chi connectivity index (χ4v) is 3.11. The molecular weight excluding hydrogens is 371 g/mol. The van der Waals surface area contributed by atoms with Gasteiger partial charge in [0.25, 0.3) is 5.91 Å². The highest BCUT2D eigenvalue weighted by Crippen LogP contribution is 2.41. The summed E-state index contributed by atoms with van der Waals surface area (Å²) in [5, 5.41) is 18.7. The van der Waals surface area contributed by atoms with Gasteiger partial charge in [0.2, 0.25) is 5.60 Å². The molecule has 1 aromatic carbocycles. The fourth-order valence-electron chi connectivity index (χ4n) is 2.89. The molecule has 4 rings (SSSR count). The van der Waals surface area contributed by atoms with Gasteiger partial charge in [-0.1, -0.05) is 39.8 Å². The molecule has 138 valence electrons. The average Bonchev–Trinajstić information content (AvgIpc) is 3.35. The highest BCUT2D eigenvalue weighted by molar-refractivity contribution is 7.32. The molecule has 2 N–H and O–H groups in total. The van der Waals surface area contributed by atoms with Crippen LogP contribution in [0, 0.1) is 17.8 Å². The van der Waals surface area contributed by atoms with Crippen molar-refractivity contribution in [1.82, 2.24) is 15.0 Å². The SMILES string of the molecule is O=C1N(Cc2cn(CO[P+](=O)O)nn2)c2ccccc2C1(O)C#CC1CC1. The second-order valence-corrected chi connectivity index (χ2v) is 7.14. The number of anilines is 1. The minimum Gasteiger partial charge on any atom is -0.366 e. The maximum Gasteiger partial charge on any atom is 0.696 e. The molecule has 1 saturated carbocycles. The molecule has 0 saturated heterocycles. The van der Waals surface area contributed by atoms with Crippen molar-refractivity contribution in [2.75, 3.05) is 4.90 Å². The van der Waals surface area contributed by atoms with Gasteiger partial charge in [-0.05, 0) is 18.9 Å². The van der Waals surface area contributed by atoms with Crippen LogP contribution < -0.4 is 4.90 Å². The third-order valence-corrected chi connectivity index (χ3v) is 4.72. The molecule has 0 bridgehead atoms. The normalized spacial score (nSPS) is 21.6. The minimum absolute atomic E-state index is 0.0779. The maximum atomic E-state index is 13.0. The Hall–Kier alpha value is -2.63. The lowest BCUT2D eigenvalue weighted by molar-refractivity contribution is -0.130. The van der Waals surface area contributed by atoms with Crippen molar-refractivity contribution in [2.45, 2.75) is 31.7 Å². The molecule has 1 fully saturated rings. The summed E-state index contributed by atoms with van der Waals surface area (Å²) < 4.78 is 16.4. The summed E-state index contributed by atoms with van der Waals surface area (Å²) in [6.45, 7) is -0.158. The van der Waals surface area contributed by atoms with E-state index in [1.807, 2.05) is 0 Å². The molecule has 2 unspecified atom stereocenters. The minimum atomic E-state index is -2.74. The van der Waals surface area contributed by atoms with E-state index in [0.29, 0.717) is 16.9 Å². The van der Waals surface area contributed by atoms with E-state index >= 15 is 0 Å². The van der Waals surface area contributed by atoms with Crippen LogP contribution in [0.5, 0.6) is 0 Å². The van der Waals surface area contributed by atoms with Crippen LogP contribution in [0.2, 0.25) is 0 Å². The number of nitrogens with zero attached hydrogens (tertiary/aromatic N) is 4. The molecule has 10 heteroatoms. The topological polar surface area (TPSA) is 118 Å². The van der Waals surface area contributed by atoms with Gasteiger partial charge in [-0.15, -0.1) is 9.99 Å². The molecule has 0 radical (unpaired) electrons. The van der Waals surface area contributed by atoms with Crippen LogP contribution in [0.3, 0.4) is 0 Å². The number of rotatable bonds is 5. The smallest absolute Gasteiger partial charge is 0.366 e. The molecule has 1 aliphatic carbocycles. The van der Waals surface area contributed by atoms with Gasteiger partial charge in [0.1, 0.15) is 5.69 Å². The van der Waals surface area contributed by atoms with Gasteiger partial charge in [0.05, 0.1) is 18.4 Å². The van der Waals surface area contributed by atoms with Crippen LogP contribution in [0.1, 0.15) is 24.1 Å². The number of hydrogen-bond donors (Lipinski definition) is 2.